The van der Waals surface area contributed by atoms with Gasteiger partial charge in [-0.15, -0.1) is 0 Å². The molecule has 0 aromatic carbocycles. The van der Waals surface area contributed by atoms with Gasteiger partial charge in [0, 0.05) is 0 Å². The fourth-order valence-corrected chi connectivity index (χ4v) is 9.13. The number of nitrogens with zero attached hydrogens (tertiary/aromatic N) is 1. The zero-order valence-electron chi connectivity index (χ0n) is 21.5. The van der Waals surface area contributed by atoms with Crippen molar-refractivity contribution in [3.05, 3.63) is 16.6 Å². The second kappa shape index (κ2) is 8.60. The Morgan fingerprint density at radius 3 is 2.32 bits per heavy atom. The van der Waals surface area contributed by atoms with E-state index in [1.165, 1.54) is 51.4 Å². The molecule has 2 heteroatoms. The monoisotopic (exact) mass is 427 g/mol. The molecule has 3 saturated carbocycles. The van der Waals surface area contributed by atoms with Gasteiger partial charge in [0.15, 0.2) is 0 Å². The summed E-state index contributed by atoms with van der Waals surface area (Å²) in [4.78, 5) is 11.4. The molecule has 176 valence electrons. The van der Waals surface area contributed by atoms with Crippen LogP contribution in [-0.4, -0.2) is 6.04 Å². The molecule has 0 amide bonds. The lowest BCUT2D eigenvalue weighted by Crippen LogP contribution is -2.52. The van der Waals surface area contributed by atoms with Crippen LogP contribution in [0.5, 0.6) is 0 Å². The smallest absolute Gasteiger partial charge is 0.0948 e. The lowest BCUT2D eigenvalue weighted by Gasteiger charge is -2.59. The Morgan fingerprint density at radius 1 is 0.968 bits per heavy atom. The summed E-state index contributed by atoms with van der Waals surface area (Å²) in [6, 6.07) is 0.0480. The molecule has 0 aromatic heterocycles. The standard InChI is InChI=1S/C29H49NO/c1-18(2)19(3)8-9-20(4)23-12-13-25-22-10-11-24-21(5)27(30-31)15-17-29(24,7)26(22)14-16-28(23,25)6/h10,18-21,23-27H,8-9,11-17H2,1-7H3. The second-order valence-corrected chi connectivity index (χ2v) is 13.2. The third kappa shape index (κ3) is 3.76. The molecular weight excluding hydrogens is 378 g/mol. The van der Waals surface area contributed by atoms with Gasteiger partial charge in [0.2, 0.25) is 0 Å². The molecule has 0 aliphatic heterocycles. The van der Waals surface area contributed by atoms with E-state index in [1.807, 2.05) is 5.57 Å². The summed E-state index contributed by atoms with van der Waals surface area (Å²) in [5.41, 5.74) is 2.75. The van der Waals surface area contributed by atoms with Crippen molar-refractivity contribution in [3.63, 3.8) is 0 Å². The molecule has 0 heterocycles. The summed E-state index contributed by atoms with van der Waals surface area (Å²) < 4.78 is 0. The van der Waals surface area contributed by atoms with Crippen LogP contribution in [-0.2, 0) is 0 Å². The van der Waals surface area contributed by atoms with E-state index in [9.17, 15) is 4.91 Å². The normalized spacial score (nSPS) is 46.5. The maximum Gasteiger partial charge on any atom is 0.0948 e. The molecule has 31 heavy (non-hydrogen) atoms. The van der Waals surface area contributed by atoms with Crippen LogP contribution in [0.15, 0.2) is 16.8 Å². The molecule has 0 N–H and O–H groups in total. The molecule has 0 aromatic rings. The van der Waals surface area contributed by atoms with Gasteiger partial charge in [-0.25, -0.2) is 0 Å². The Morgan fingerprint density at radius 2 is 1.65 bits per heavy atom. The van der Waals surface area contributed by atoms with Crippen molar-refractivity contribution in [2.24, 2.45) is 63.4 Å². The van der Waals surface area contributed by atoms with Crippen molar-refractivity contribution in [1.82, 2.24) is 0 Å². The molecule has 10 atom stereocenters. The van der Waals surface area contributed by atoms with Gasteiger partial charge in [-0.05, 0) is 103 Å². The minimum absolute atomic E-state index is 0.0480. The van der Waals surface area contributed by atoms with Gasteiger partial charge in [-0.1, -0.05) is 78.1 Å². The summed E-state index contributed by atoms with van der Waals surface area (Å²) in [6.07, 6.45) is 14.5. The van der Waals surface area contributed by atoms with Crippen molar-refractivity contribution in [1.29, 1.82) is 0 Å². The minimum atomic E-state index is 0.0480. The molecule has 0 bridgehead atoms. The maximum atomic E-state index is 11.4. The topological polar surface area (TPSA) is 29.4 Å². The van der Waals surface area contributed by atoms with Gasteiger partial charge in [-0.2, -0.15) is 4.91 Å². The molecule has 3 fully saturated rings. The van der Waals surface area contributed by atoms with Gasteiger partial charge in [0.25, 0.3) is 0 Å². The highest BCUT2D eigenvalue weighted by molar-refractivity contribution is 5.28. The molecule has 0 spiro atoms. The fourth-order valence-electron chi connectivity index (χ4n) is 9.13. The first-order valence-electron chi connectivity index (χ1n) is 13.7. The number of rotatable bonds is 6. The number of hydrogen-bond donors (Lipinski definition) is 0. The van der Waals surface area contributed by atoms with E-state index in [4.69, 9.17) is 0 Å². The van der Waals surface area contributed by atoms with E-state index in [1.54, 1.807) is 0 Å². The van der Waals surface area contributed by atoms with Crippen LogP contribution < -0.4 is 0 Å². The van der Waals surface area contributed by atoms with Crippen LogP contribution in [0.1, 0.15) is 106 Å². The first-order chi connectivity index (χ1) is 14.6. The number of allylic oxidation sites excluding steroid dienone is 2. The molecular formula is C29H49NO. The Labute approximate surface area is 192 Å². The van der Waals surface area contributed by atoms with Crippen LogP contribution >= 0.6 is 0 Å². The van der Waals surface area contributed by atoms with Gasteiger partial charge in [0.05, 0.1) is 6.04 Å². The van der Waals surface area contributed by atoms with Gasteiger partial charge in [-0.3, -0.25) is 0 Å². The molecule has 4 rings (SSSR count). The summed E-state index contributed by atoms with van der Waals surface area (Å²) in [6.45, 7) is 17.3. The van der Waals surface area contributed by atoms with Gasteiger partial charge in [0.1, 0.15) is 0 Å². The highest BCUT2D eigenvalue weighted by Gasteiger charge is 2.59. The molecule has 0 radical (unpaired) electrons. The zero-order valence-corrected chi connectivity index (χ0v) is 21.5. The highest BCUT2D eigenvalue weighted by Crippen LogP contribution is 2.67. The van der Waals surface area contributed by atoms with Crippen LogP contribution in [0.4, 0.5) is 0 Å². The second-order valence-electron chi connectivity index (χ2n) is 13.2. The minimum Gasteiger partial charge on any atom is -0.151 e. The van der Waals surface area contributed by atoms with Crippen molar-refractivity contribution >= 4 is 0 Å². The zero-order chi connectivity index (χ0) is 22.6. The van der Waals surface area contributed by atoms with E-state index >= 15 is 0 Å². The van der Waals surface area contributed by atoms with Crippen molar-refractivity contribution in [2.75, 3.05) is 0 Å². The molecule has 2 nitrogen and oxygen atoms in total. The molecule has 4 aliphatic carbocycles. The van der Waals surface area contributed by atoms with E-state index < -0.39 is 0 Å². The summed E-state index contributed by atoms with van der Waals surface area (Å²) in [5.74, 6) is 6.08. The van der Waals surface area contributed by atoms with Crippen LogP contribution in [0.2, 0.25) is 0 Å². The first-order valence-corrected chi connectivity index (χ1v) is 13.7. The molecule has 4 aliphatic rings. The Balaban J connectivity index is 1.52. The first kappa shape index (κ1) is 23.5. The average Bonchev–Trinajstić information content (AvgIpc) is 3.09. The fraction of sp³-hybridized carbons (Fsp3) is 0.931. The predicted molar refractivity (Wildman–Crippen MR) is 132 cm³/mol. The molecule has 0 saturated heterocycles. The van der Waals surface area contributed by atoms with E-state index in [0.29, 0.717) is 22.7 Å². The number of hydrogen-bond acceptors (Lipinski definition) is 2. The van der Waals surface area contributed by atoms with Crippen LogP contribution in [0.3, 0.4) is 0 Å². The van der Waals surface area contributed by atoms with Crippen LogP contribution in [0.25, 0.3) is 0 Å². The van der Waals surface area contributed by atoms with E-state index in [0.717, 1.165) is 41.9 Å². The average molecular weight is 428 g/mol. The maximum absolute atomic E-state index is 11.4. The van der Waals surface area contributed by atoms with Crippen molar-refractivity contribution < 1.29 is 0 Å². The van der Waals surface area contributed by atoms with Crippen molar-refractivity contribution in [2.45, 2.75) is 112 Å². The summed E-state index contributed by atoms with van der Waals surface area (Å²) >= 11 is 0. The summed E-state index contributed by atoms with van der Waals surface area (Å²) in [7, 11) is 0. The third-order valence-electron chi connectivity index (χ3n) is 11.7. The molecule has 10 unspecified atom stereocenters. The highest BCUT2D eigenvalue weighted by atomic mass is 16.3. The van der Waals surface area contributed by atoms with E-state index in [-0.39, 0.29) is 6.04 Å². The lowest BCUT2D eigenvalue weighted by atomic mass is 9.46. The summed E-state index contributed by atoms with van der Waals surface area (Å²) in [5, 5.41) is 3.52. The SMILES string of the molecule is CC(C)C(C)CCC(C)C1CCC2C3=CCC4C(C)C(N=O)CCC4(C)C3CCC21C. The predicted octanol–water partition coefficient (Wildman–Crippen LogP) is 8.65. The lowest BCUT2D eigenvalue weighted by molar-refractivity contribution is -0.0348. The van der Waals surface area contributed by atoms with Gasteiger partial charge >= 0.3 is 0 Å². The Hall–Kier alpha value is -0.660. The Kier molecular flexibility index (Phi) is 6.52. The number of fused-ring (bicyclic) bond motifs is 5. The quantitative estimate of drug-likeness (QED) is 0.308. The van der Waals surface area contributed by atoms with Crippen LogP contribution in [0, 0.1) is 63.1 Å². The van der Waals surface area contributed by atoms with Gasteiger partial charge < -0.3 is 0 Å². The largest absolute Gasteiger partial charge is 0.151 e. The Bertz CT molecular complexity index is 697. The van der Waals surface area contributed by atoms with E-state index in [2.05, 4.69) is 59.7 Å². The third-order valence-corrected chi connectivity index (χ3v) is 11.7. The van der Waals surface area contributed by atoms with Crippen molar-refractivity contribution in [3.8, 4) is 0 Å². The number of nitroso groups, excluding NO2 is 1.